The molecule has 26 heavy (non-hydrogen) atoms. The molecule has 7 nitrogen and oxygen atoms in total. The minimum absolute atomic E-state index is 0.000560. The van der Waals surface area contributed by atoms with Crippen molar-refractivity contribution >= 4 is 33.2 Å². The van der Waals surface area contributed by atoms with Gasteiger partial charge in [0.2, 0.25) is 5.91 Å². The number of nitrogens with zero attached hydrogens (tertiary/aromatic N) is 2. The van der Waals surface area contributed by atoms with Crippen LogP contribution in [0.25, 0.3) is 0 Å². The third-order valence-electron chi connectivity index (χ3n) is 5.16. The number of hydrogen-bond donors (Lipinski definition) is 0. The van der Waals surface area contributed by atoms with Crippen molar-refractivity contribution in [3.63, 3.8) is 0 Å². The van der Waals surface area contributed by atoms with Gasteiger partial charge < -0.3 is 9.64 Å². The number of amides is 1. The third kappa shape index (κ3) is 3.94. The van der Waals surface area contributed by atoms with Crippen LogP contribution in [0.15, 0.2) is 21.7 Å². The summed E-state index contributed by atoms with van der Waals surface area (Å²) in [4.78, 5) is 26.2. The van der Waals surface area contributed by atoms with Crippen molar-refractivity contribution in [3.05, 3.63) is 17.5 Å². The molecule has 1 aromatic rings. The molecule has 0 saturated carbocycles. The molecule has 0 N–H and O–H groups in total. The number of methoxy groups -OCH3 is 1. The lowest BCUT2D eigenvalue weighted by atomic mass is 9.93. The van der Waals surface area contributed by atoms with Gasteiger partial charge in [0.1, 0.15) is 4.21 Å². The first-order valence-electron chi connectivity index (χ1n) is 8.83. The van der Waals surface area contributed by atoms with Crippen molar-refractivity contribution in [2.24, 2.45) is 11.8 Å². The number of carbonyl (C=O) groups is 2. The highest BCUT2D eigenvalue weighted by atomic mass is 32.2. The molecule has 0 aromatic carbocycles. The number of ether oxygens (including phenoxy) is 1. The van der Waals surface area contributed by atoms with Crippen LogP contribution in [0.3, 0.4) is 0 Å². The van der Waals surface area contributed by atoms with Gasteiger partial charge in [-0.15, -0.1) is 11.3 Å². The Kier molecular flexibility index (Phi) is 5.99. The van der Waals surface area contributed by atoms with Crippen molar-refractivity contribution in [1.82, 2.24) is 9.21 Å². The SMILES string of the molecule is COC(=O)C1CCN(C(=O)[C@H]2CCCN(S(=O)(=O)c3cccs3)C2)CC1. The summed E-state index contributed by atoms with van der Waals surface area (Å²) in [5, 5.41) is 1.74. The number of likely N-dealkylation sites (tertiary alicyclic amines) is 1. The molecule has 1 aromatic heterocycles. The lowest BCUT2D eigenvalue weighted by Crippen LogP contribution is -2.49. The first-order chi connectivity index (χ1) is 12.4. The largest absolute Gasteiger partial charge is 0.469 e. The summed E-state index contributed by atoms with van der Waals surface area (Å²) < 4.78 is 31.9. The maximum atomic E-state index is 12.8. The van der Waals surface area contributed by atoms with Gasteiger partial charge in [0.25, 0.3) is 10.0 Å². The van der Waals surface area contributed by atoms with Gasteiger partial charge in [-0.05, 0) is 37.1 Å². The Morgan fingerprint density at radius 1 is 1.15 bits per heavy atom. The van der Waals surface area contributed by atoms with Gasteiger partial charge in [-0.3, -0.25) is 9.59 Å². The molecule has 0 unspecified atom stereocenters. The van der Waals surface area contributed by atoms with E-state index < -0.39 is 10.0 Å². The van der Waals surface area contributed by atoms with Gasteiger partial charge in [0, 0.05) is 26.2 Å². The monoisotopic (exact) mass is 400 g/mol. The molecule has 0 spiro atoms. The molecule has 2 fully saturated rings. The molecule has 3 rings (SSSR count). The quantitative estimate of drug-likeness (QED) is 0.716. The average Bonchev–Trinajstić information content (AvgIpc) is 3.23. The van der Waals surface area contributed by atoms with Crippen molar-refractivity contribution in [2.75, 3.05) is 33.3 Å². The number of carbonyl (C=O) groups excluding carboxylic acids is 2. The summed E-state index contributed by atoms with van der Waals surface area (Å²) in [6, 6.07) is 3.32. The van der Waals surface area contributed by atoms with E-state index in [4.69, 9.17) is 4.74 Å². The number of thiophene rings is 1. The molecule has 0 aliphatic carbocycles. The van der Waals surface area contributed by atoms with Gasteiger partial charge >= 0.3 is 5.97 Å². The van der Waals surface area contributed by atoms with Crippen molar-refractivity contribution in [3.8, 4) is 0 Å². The third-order valence-corrected chi connectivity index (χ3v) is 8.40. The molecule has 2 aliphatic heterocycles. The predicted molar refractivity (Wildman–Crippen MR) is 97.1 cm³/mol. The Balaban J connectivity index is 1.61. The normalized spacial score (nSPS) is 23.0. The smallest absolute Gasteiger partial charge is 0.308 e. The highest BCUT2D eigenvalue weighted by Crippen LogP contribution is 2.28. The Labute approximate surface area is 158 Å². The van der Waals surface area contributed by atoms with Crippen molar-refractivity contribution in [2.45, 2.75) is 29.9 Å². The molecular formula is C17H24N2O5S2. The first kappa shape index (κ1) is 19.3. The molecule has 0 radical (unpaired) electrons. The molecule has 2 aliphatic rings. The van der Waals surface area contributed by atoms with E-state index >= 15 is 0 Å². The fourth-order valence-electron chi connectivity index (χ4n) is 3.66. The molecular weight excluding hydrogens is 376 g/mol. The zero-order valence-corrected chi connectivity index (χ0v) is 16.4. The highest BCUT2D eigenvalue weighted by Gasteiger charge is 2.37. The van der Waals surface area contributed by atoms with E-state index in [1.54, 1.807) is 22.4 Å². The first-order valence-corrected chi connectivity index (χ1v) is 11.2. The second-order valence-corrected chi connectivity index (χ2v) is 9.87. The predicted octanol–water partition coefficient (Wildman–Crippen LogP) is 1.56. The van der Waals surface area contributed by atoms with Gasteiger partial charge in [-0.1, -0.05) is 6.07 Å². The van der Waals surface area contributed by atoms with Gasteiger partial charge in [-0.25, -0.2) is 8.42 Å². The fourth-order valence-corrected chi connectivity index (χ4v) is 6.33. The molecule has 1 atom stereocenters. The van der Waals surface area contributed by atoms with Crippen LogP contribution in [0, 0.1) is 11.8 Å². The summed E-state index contributed by atoms with van der Waals surface area (Å²) in [6.07, 6.45) is 2.58. The second kappa shape index (κ2) is 8.06. The summed E-state index contributed by atoms with van der Waals surface area (Å²) in [5.41, 5.74) is 0. The minimum atomic E-state index is -3.52. The fraction of sp³-hybridized carbons (Fsp3) is 0.647. The number of piperidine rings is 2. The average molecular weight is 401 g/mol. The topological polar surface area (TPSA) is 84.0 Å². The maximum absolute atomic E-state index is 12.8. The molecule has 9 heteroatoms. The molecule has 1 amide bonds. The Morgan fingerprint density at radius 3 is 2.50 bits per heavy atom. The summed E-state index contributed by atoms with van der Waals surface area (Å²) in [5.74, 6) is -0.679. The molecule has 3 heterocycles. The lowest BCUT2D eigenvalue weighted by molar-refractivity contribution is -0.149. The second-order valence-electron chi connectivity index (χ2n) is 6.76. The summed E-state index contributed by atoms with van der Waals surface area (Å²) >= 11 is 1.20. The Morgan fingerprint density at radius 2 is 1.88 bits per heavy atom. The van der Waals surface area contributed by atoms with Crippen LogP contribution in [0.2, 0.25) is 0 Å². The summed E-state index contributed by atoms with van der Waals surface area (Å²) in [7, 11) is -2.14. The van der Waals surface area contributed by atoms with Gasteiger partial charge in [-0.2, -0.15) is 4.31 Å². The van der Waals surface area contributed by atoms with Crippen LogP contribution in [-0.2, 0) is 24.3 Å². The Hall–Kier alpha value is -1.45. The number of rotatable bonds is 4. The number of esters is 1. The van der Waals surface area contributed by atoms with Crippen LogP contribution >= 0.6 is 11.3 Å². The van der Waals surface area contributed by atoms with Crippen LogP contribution in [0.1, 0.15) is 25.7 Å². The zero-order valence-electron chi connectivity index (χ0n) is 14.8. The van der Waals surface area contributed by atoms with E-state index in [1.165, 1.54) is 22.8 Å². The van der Waals surface area contributed by atoms with E-state index in [9.17, 15) is 18.0 Å². The van der Waals surface area contributed by atoms with E-state index in [0.717, 1.165) is 0 Å². The van der Waals surface area contributed by atoms with Crippen LogP contribution in [0.4, 0.5) is 0 Å². The van der Waals surface area contributed by atoms with Crippen LogP contribution in [-0.4, -0.2) is 62.8 Å². The minimum Gasteiger partial charge on any atom is -0.469 e. The van der Waals surface area contributed by atoms with Crippen molar-refractivity contribution in [1.29, 1.82) is 0 Å². The van der Waals surface area contributed by atoms with E-state index in [2.05, 4.69) is 0 Å². The van der Waals surface area contributed by atoms with E-state index in [0.29, 0.717) is 49.5 Å². The van der Waals surface area contributed by atoms with E-state index in [-0.39, 0.29) is 30.3 Å². The Bertz CT molecular complexity index is 739. The maximum Gasteiger partial charge on any atom is 0.308 e. The molecule has 144 valence electrons. The number of sulfonamides is 1. The molecule has 2 saturated heterocycles. The standard InChI is InChI=1S/C17H24N2O5S2/c1-24-17(21)13-6-9-18(10-7-13)16(20)14-4-2-8-19(12-14)26(22,23)15-5-3-11-25-15/h3,5,11,13-14H,2,4,6-10,12H2,1H3/t14-/m0/s1. The number of hydrogen-bond acceptors (Lipinski definition) is 6. The zero-order chi connectivity index (χ0) is 18.7. The van der Waals surface area contributed by atoms with Crippen molar-refractivity contribution < 1.29 is 22.7 Å². The molecule has 0 bridgehead atoms. The van der Waals surface area contributed by atoms with E-state index in [1.807, 2.05) is 0 Å². The van der Waals surface area contributed by atoms with Gasteiger partial charge in [0.05, 0.1) is 18.9 Å². The van der Waals surface area contributed by atoms with Crippen LogP contribution in [0.5, 0.6) is 0 Å². The summed E-state index contributed by atoms with van der Waals surface area (Å²) in [6.45, 7) is 1.73. The highest BCUT2D eigenvalue weighted by molar-refractivity contribution is 7.91. The lowest BCUT2D eigenvalue weighted by Gasteiger charge is -2.36. The van der Waals surface area contributed by atoms with Gasteiger partial charge in [0.15, 0.2) is 0 Å². The van der Waals surface area contributed by atoms with Crippen LogP contribution < -0.4 is 0 Å².